The molecule has 0 spiro atoms. The van der Waals surface area contributed by atoms with Gasteiger partial charge in [0.25, 0.3) is 5.91 Å². The van der Waals surface area contributed by atoms with Crippen LogP contribution >= 0.6 is 15.9 Å². The summed E-state index contributed by atoms with van der Waals surface area (Å²) in [7, 11) is 1.91. The summed E-state index contributed by atoms with van der Waals surface area (Å²) < 4.78 is 2.57. The zero-order chi connectivity index (χ0) is 21.0. The maximum atomic E-state index is 12.8. The van der Waals surface area contributed by atoms with Crippen molar-refractivity contribution in [3.05, 3.63) is 81.1 Å². The zero-order valence-electron chi connectivity index (χ0n) is 17.0. The van der Waals surface area contributed by atoms with Gasteiger partial charge in [0, 0.05) is 28.5 Å². The third kappa shape index (κ3) is 5.12. The van der Waals surface area contributed by atoms with Gasteiger partial charge in [0.05, 0.1) is 17.8 Å². The molecular formula is C22H24BrN5O. The smallest absolute Gasteiger partial charge is 0.259 e. The number of aromatic nitrogens is 2. The Morgan fingerprint density at radius 1 is 1.14 bits per heavy atom. The molecule has 0 radical (unpaired) electrons. The number of aliphatic imine (C=N–C) groups is 1. The molecule has 0 saturated carbocycles. The second-order valence-electron chi connectivity index (χ2n) is 6.87. The van der Waals surface area contributed by atoms with Crippen LogP contribution < -0.4 is 10.6 Å². The van der Waals surface area contributed by atoms with Crippen molar-refractivity contribution in [3.63, 3.8) is 0 Å². The molecule has 2 N–H and O–H groups in total. The largest absolute Gasteiger partial charge is 0.326 e. The van der Waals surface area contributed by atoms with Gasteiger partial charge < -0.3 is 5.32 Å². The number of carbonyl (C=O) groups excluding carboxylic acids is 1. The van der Waals surface area contributed by atoms with Crippen LogP contribution in [0.2, 0.25) is 0 Å². The first kappa shape index (κ1) is 20.8. The van der Waals surface area contributed by atoms with E-state index in [1.54, 1.807) is 6.07 Å². The van der Waals surface area contributed by atoms with Crippen molar-refractivity contribution in [3.8, 4) is 0 Å². The van der Waals surface area contributed by atoms with E-state index < -0.39 is 0 Å². The van der Waals surface area contributed by atoms with Crippen molar-refractivity contribution >= 4 is 33.5 Å². The number of rotatable bonds is 4. The van der Waals surface area contributed by atoms with Crippen LogP contribution in [-0.4, -0.2) is 21.6 Å². The number of carbonyl (C=O) groups is 1. The third-order valence-electron chi connectivity index (χ3n) is 4.69. The summed E-state index contributed by atoms with van der Waals surface area (Å²) in [5, 5.41) is 10.6. The fraction of sp³-hybridized carbons (Fsp3) is 0.227. The second kappa shape index (κ2) is 9.05. The molecule has 1 amide bonds. The van der Waals surface area contributed by atoms with Crippen molar-refractivity contribution in [2.45, 2.75) is 27.3 Å². The quantitative estimate of drug-likeness (QED) is 0.450. The Morgan fingerprint density at radius 3 is 2.55 bits per heavy atom. The highest BCUT2D eigenvalue weighted by Crippen LogP contribution is 2.17. The van der Waals surface area contributed by atoms with Crippen LogP contribution in [-0.2, 0) is 13.6 Å². The van der Waals surface area contributed by atoms with E-state index in [9.17, 15) is 4.79 Å². The number of aryl methyl sites for hydroxylation is 3. The highest BCUT2D eigenvalue weighted by atomic mass is 79.9. The molecule has 0 aliphatic rings. The summed E-state index contributed by atoms with van der Waals surface area (Å²) in [6.45, 7) is 6.41. The van der Waals surface area contributed by atoms with Gasteiger partial charge in [-0.15, -0.1) is 0 Å². The monoisotopic (exact) mass is 453 g/mol. The van der Waals surface area contributed by atoms with Crippen molar-refractivity contribution < 1.29 is 4.79 Å². The van der Waals surface area contributed by atoms with Gasteiger partial charge in [-0.2, -0.15) is 5.10 Å². The topological polar surface area (TPSA) is 71.3 Å². The maximum absolute atomic E-state index is 12.8. The molecule has 1 heterocycles. The first-order chi connectivity index (χ1) is 13.8. The average Bonchev–Trinajstić information content (AvgIpc) is 2.91. The van der Waals surface area contributed by atoms with E-state index in [4.69, 9.17) is 0 Å². The Balaban J connectivity index is 1.88. The van der Waals surface area contributed by atoms with E-state index in [2.05, 4.69) is 36.7 Å². The van der Waals surface area contributed by atoms with Gasteiger partial charge in [-0.05, 0) is 66.5 Å². The first-order valence-corrected chi connectivity index (χ1v) is 10.1. The standard InChI is InChI=1S/C22H24BrN5O/c1-14-8-7-9-17(12-14)25-22(24-13-19-15(2)27-28(4)16(19)3)26-21(29)18-10-5-6-11-20(18)23/h5-12H,13H2,1-4H3,(H2,24,25,26,29). The van der Waals surface area contributed by atoms with Gasteiger partial charge in [0.15, 0.2) is 0 Å². The molecule has 0 aliphatic heterocycles. The maximum Gasteiger partial charge on any atom is 0.259 e. The number of nitrogens with zero attached hydrogens (tertiary/aromatic N) is 3. The highest BCUT2D eigenvalue weighted by molar-refractivity contribution is 9.10. The van der Waals surface area contributed by atoms with Gasteiger partial charge in [-0.1, -0.05) is 24.3 Å². The number of halogens is 1. The van der Waals surface area contributed by atoms with Crippen LogP contribution in [0.5, 0.6) is 0 Å². The molecule has 0 atom stereocenters. The number of nitrogens with one attached hydrogen (secondary N) is 2. The van der Waals surface area contributed by atoms with E-state index in [1.807, 2.05) is 75.0 Å². The van der Waals surface area contributed by atoms with Crippen LogP contribution in [0.1, 0.15) is 32.9 Å². The van der Waals surface area contributed by atoms with E-state index in [1.165, 1.54) is 0 Å². The first-order valence-electron chi connectivity index (χ1n) is 9.28. The molecule has 7 heteroatoms. The number of hydrogen-bond acceptors (Lipinski definition) is 3. The van der Waals surface area contributed by atoms with Gasteiger partial charge >= 0.3 is 0 Å². The Labute approximate surface area is 179 Å². The molecule has 29 heavy (non-hydrogen) atoms. The minimum atomic E-state index is -0.240. The molecule has 0 fully saturated rings. The molecule has 3 aromatic rings. The van der Waals surface area contributed by atoms with Crippen LogP contribution in [0.15, 0.2) is 58.0 Å². The van der Waals surface area contributed by atoms with Crippen molar-refractivity contribution in [2.75, 3.05) is 5.32 Å². The lowest BCUT2D eigenvalue weighted by molar-refractivity contribution is 0.0976. The summed E-state index contributed by atoms with van der Waals surface area (Å²) in [5.41, 5.74) is 5.55. The van der Waals surface area contributed by atoms with Gasteiger partial charge in [0.2, 0.25) is 5.96 Å². The molecule has 150 valence electrons. The van der Waals surface area contributed by atoms with Gasteiger partial charge in [0.1, 0.15) is 0 Å². The zero-order valence-corrected chi connectivity index (χ0v) is 18.5. The number of benzene rings is 2. The van der Waals surface area contributed by atoms with E-state index >= 15 is 0 Å². The van der Waals surface area contributed by atoms with Crippen LogP contribution in [0.4, 0.5) is 5.69 Å². The number of anilines is 1. The number of hydrogen-bond donors (Lipinski definition) is 2. The summed E-state index contributed by atoms with van der Waals surface area (Å²) in [5.74, 6) is 0.148. The van der Waals surface area contributed by atoms with Crippen LogP contribution in [0.25, 0.3) is 0 Å². The number of guanidine groups is 1. The Kier molecular flexibility index (Phi) is 6.49. The number of amides is 1. The van der Waals surface area contributed by atoms with E-state index in [0.717, 1.165) is 32.7 Å². The predicted molar refractivity (Wildman–Crippen MR) is 120 cm³/mol. The lowest BCUT2D eigenvalue weighted by atomic mass is 10.2. The van der Waals surface area contributed by atoms with Crippen LogP contribution in [0, 0.1) is 20.8 Å². The van der Waals surface area contributed by atoms with E-state index in [0.29, 0.717) is 18.1 Å². The van der Waals surface area contributed by atoms with Gasteiger partial charge in [-0.3, -0.25) is 14.8 Å². The molecule has 6 nitrogen and oxygen atoms in total. The Bertz CT molecular complexity index is 1070. The summed E-state index contributed by atoms with van der Waals surface area (Å²) in [4.78, 5) is 17.5. The van der Waals surface area contributed by atoms with Crippen molar-refractivity contribution in [1.29, 1.82) is 0 Å². The third-order valence-corrected chi connectivity index (χ3v) is 5.38. The van der Waals surface area contributed by atoms with Crippen molar-refractivity contribution in [2.24, 2.45) is 12.0 Å². The highest BCUT2D eigenvalue weighted by Gasteiger charge is 2.14. The minimum Gasteiger partial charge on any atom is -0.326 e. The average molecular weight is 454 g/mol. The fourth-order valence-corrected chi connectivity index (χ4v) is 3.46. The predicted octanol–water partition coefficient (Wildman–Crippen LogP) is 4.51. The lowest BCUT2D eigenvalue weighted by Gasteiger charge is -2.13. The van der Waals surface area contributed by atoms with Crippen molar-refractivity contribution in [1.82, 2.24) is 15.1 Å². The van der Waals surface area contributed by atoms with Gasteiger partial charge in [-0.25, -0.2) is 4.99 Å². The fourth-order valence-electron chi connectivity index (χ4n) is 2.99. The molecule has 3 rings (SSSR count). The molecule has 0 unspecified atom stereocenters. The Hall–Kier alpha value is -2.93. The summed E-state index contributed by atoms with van der Waals surface area (Å²) in [6, 6.07) is 15.2. The minimum absolute atomic E-state index is 0.240. The lowest BCUT2D eigenvalue weighted by Crippen LogP contribution is -2.36. The summed E-state index contributed by atoms with van der Waals surface area (Å²) in [6.07, 6.45) is 0. The Morgan fingerprint density at radius 2 is 1.90 bits per heavy atom. The molecular weight excluding hydrogens is 430 g/mol. The molecule has 2 aromatic carbocycles. The second-order valence-corrected chi connectivity index (χ2v) is 7.72. The molecule has 1 aromatic heterocycles. The summed E-state index contributed by atoms with van der Waals surface area (Å²) >= 11 is 3.43. The van der Waals surface area contributed by atoms with Crippen LogP contribution in [0.3, 0.4) is 0 Å². The normalized spacial score (nSPS) is 11.4. The molecule has 0 bridgehead atoms. The van der Waals surface area contributed by atoms with E-state index in [-0.39, 0.29) is 5.91 Å². The molecule has 0 aliphatic carbocycles. The molecule has 0 saturated heterocycles. The SMILES string of the molecule is Cc1cccc(NC(=NCc2c(C)nn(C)c2C)NC(=O)c2ccccc2Br)c1.